The van der Waals surface area contributed by atoms with Crippen molar-refractivity contribution in [3.05, 3.63) is 45.8 Å². The van der Waals surface area contributed by atoms with Crippen LogP contribution in [0.4, 0.5) is 0 Å². The SMILES string of the molecule is Cc1cc(-c2ccc3c(c2)CCN(C)C3)sc1C(=O)N1CCCC1. The fourth-order valence-corrected chi connectivity index (χ4v) is 4.88. The molecule has 0 saturated carbocycles. The first-order valence-corrected chi connectivity index (χ1v) is 9.64. The molecule has 2 aliphatic rings. The van der Waals surface area contributed by atoms with Crippen molar-refractivity contribution in [2.24, 2.45) is 0 Å². The molecule has 0 atom stereocenters. The molecule has 0 radical (unpaired) electrons. The van der Waals surface area contributed by atoms with Crippen molar-refractivity contribution in [3.8, 4) is 10.4 Å². The molecule has 0 spiro atoms. The molecular formula is C20H24N2OS. The average Bonchev–Trinajstić information content (AvgIpc) is 3.23. The second kappa shape index (κ2) is 6.34. The summed E-state index contributed by atoms with van der Waals surface area (Å²) in [5, 5.41) is 0. The number of carbonyl (C=O) groups is 1. The first-order valence-electron chi connectivity index (χ1n) is 8.82. The minimum absolute atomic E-state index is 0.223. The minimum Gasteiger partial charge on any atom is -0.338 e. The van der Waals surface area contributed by atoms with Gasteiger partial charge in [-0.2, -0.15) is 0 Å². The lowest BCUT2D eigenvalue weighted by molar-refractivity contribution is 0.0797. The monoisotopic (exact) mass is 340 g/mol. The average molecular weight is 340 g/mol. The Bertz CT molecular complexity index is 774. The summed E-state index contributed by atoms with van der Waals surface area (Å²) >= 11 is 1.66. The highest BCUT2D eigenvalue weighted by Gasteiger charge is 2.23. The highest BCUT2D eigenvalue weighted by molar-refractivity contribution is 7.17. The van der Waals surface area contributed by atoms with E-state index in [9.17, 15) is 4.79 Å². The number of hydrogen-bond donors (Lipinski definition) is 0. The molecule has 3 heterocycles. The van der Waals surface area contributed by atoms with Gasteiger partial charge in [-0.1, -0.05) is 12.1 Å². The van der Waals surface area contributed by atoms with Crippen molar-refractivity contribution in [1.82, 2.24) is 9.80 Å². The molecule has 3 nitrogen and oxygen atoms in total. The van der Waals surface area contributed by atoms with Crippen molar-refractivity contribution >= 4 is 17.2 Å². The third kappa shape index (κ3) is 2.89. The van der Waals surface area contributed by atoms with Crippen LogP contribution in [0.15, 0.2) is 24.3 Å². The van der Waals surface area contributed by atoms with E-state index in [0.29, 0.717) is 0 Å². The van der Waals surface area contributed by atoms with Gasteiger partial charge in [0.2, 0.25) is 0 Å². The lowest BCUT2D eigenvalue weighted by Crippen LogP contribution is -2.27. The van der Waals surface area contributed by atoms with Crippen LogP contribution in [-0.2, 0) is 13.0 Å². The van der Waals surface area contributed by atoms with E-state index in [0.717, 1.165) is 55.9 Å². The number of thiophene rings is 1. The Morgan fingerprint density at radius 2 is 1.88 bits per heavy atom. The normalized spacial score (nSPS) is 18.0. The maximum atomic E-state index is 12.7. The predicted molar refractivity (Wildman–Crippen MR) is 99.7 cm³/mol. The molecule has 0 unspecified atom stereocenters. The summed E-state index contributed by atoms with van der Waals surface area (Å²) in [6.07, 6.45) is 3.40. The molecule has 0 bridgehead atoms. The smallest absolute Gasteiger partial charge is 0.264 e. The molecule has 4 rings (SSSR count). The van der Waals surface area contributed by atoms with E-state index in [1.165, 1.54) is 21.6 Å². The maximum absolute atomic E-state index is 12.7. The van der Waals surface area contributed by atoms with Crippen LogP contribution < -0.4 is 0 Å². The second-order valence-corrected chi connectivity index (χ2v) is 8.15. The Labute approximate surface area is 147 Å². The first-order chi connectivity index (χ1) is 11.6. The van der Waals surface area contributed by atoms with Crippen molar-refractivity contribution < 1.29 is 4.79 Å². The van der Waals surface area contributed by atoms with E-state index in [2.05, 4.69) is 43.1 Å². The molecule has 2 aromatic rings. The van der Waals surface area contributed by atoms with Crippen LogP contribution in [0.1, 0.15) is 39.2 Å². The number of likely N-dealkylation sites (tertiary alicyclic amines) is 1. The number of amides is 1. The molecule has 1 saturated heterocycles. The third-order valence-corrected chi connectivity index (χ3v) is 6.47. The Kier molecular flexibility index (Phi) is 4.19. The summed E-state index contributed by atoms with van der Waals surface area (Å²) in [6.45, 7) is 6.06. The second-order valence-electron chi connectivity index (χ2n) is 7.09. The molecule has 0 N–H and O–H groups in total. The summed E-state index contributed by atoms with van der Waals surface area (Å²) < 4.78 is 0. The van der Waals surface area contributed by atoms with Gasteiger partial charge in [0.1, 0.15) is 0 Å². The lowest BCUT2D eigenvalue weighted by Gasteiger charge is -2.25. The van der Waals surface area contributed by atoms with Crippen LogP contribution >= 0.6 is 11.3 Å². The van der Waals surface area contributed by atoms with Crippen molar-refractivity contribution in [2.45, 2.75) is 32.7 Å². The molecule has 1 aromatic heterocycles. The van der Waals surface area contributed by atoms with Gasteiger partial charge in [-0.25, -0.2) is 0 Å². The lowest BCUT2D eigenvalue weighted by atomic mass is 9.97. The molecule has 1 fully saturated rings. The molecule has 2 aliphatic heterocycles. The summed E-state index contributed by atoms with van der Waals surface area (Å²) in [5.41, 5.74) is 5.27. The quantitative estimate of drug-likeness (QED) is 0.826. The molecule has 1 amide bonds. The third-order valence-electron chi connectivity index (χ3n) is 5.20. The fraction of sp³-hybridized carbons (Fsp3) is 0.450. The van der Waals surface area contributed by atoms with Gasteiger partial charge in [0, 0.05) is 31.1 Å². The highest BCUT2D eigenvalue weighted by atomic mass is 32.1. The van der Waals surface area contributed by atoms with E-state index in [1.54, 1.807) is 11.3 Å². The van der Waals surface area contributed by atoms with Gasteiger partial charge in [0.25, 0.3) is 5.91 Å². The van der Waals surface area contributed by atoms with Crippen molar-refractivity contribution in [2.75, 3.05) is 26.7 Å². The molecule has 4 heteroatoms. The van der Waals surface area contributed by atoms with Crippen LogP contribution in [0.25, 0.3) is 10.4 Å². The first kappa shape index (κ1) is 15.9. The van der Waals surface area contributed by atoms with Crippen LogP contribution in [0.3, 0.4) is 0 Å². The van der Waals surface area contributed by atoms with Gasteiger partial charge >= 0.3 is 0 Å². The number of benzene rings is 1. The van der Waals surface area contributed by atoms with Gasteiger partial charge in [-0.05, 0) is 67.6 Å². The Balaban J connectivity index is 1.63. The van der Waals surface area contributed by atoms with E-state index >= 15 is 0 Å². The van der Waals surface area contributed by atoms with E-state index in [4.69, 9.17) is 0 Å². The zero-order chi connectivity index (χ0) is 16.7. The summed E-state index contributed by atoms with van der Waals surface area (Å²) in [5.74, 6) is 0.223. The molecule has 24 heavy (non-hydrogen) atoms. The zero-order valence-corrected chi connectivity index (χ0v) is 15.3. The zero-order valence-electron chi connectivity index (χ0n) is 14.5. The molecule has 1 aromatic carbocycles. The number of likely N-dealkylation sites (N-methyl/N-ethyl adjacent to an activating group) is 1. The van der Waals surface area contributed by atoms with Crippen molar-refractivity contribution in [1.29, 1.82) is 0 Å². The Hall–Kier alpha value is -1.65. The number of rotatable bonds is 2. The number of nitrogens with zero attached hydrogens (tertiary/aromatic N) is 2. The maximum Gasteiger partial charge on any atom is 0.264 e. The van der Waals surface area contributed by atoms with E-state index in [-0.39, 0.29) is 5.91 Å². The molecule has 126 valence electrons. The van der Waals surface area contributed by atoms with Crippen LogP contribution in [0, 0.1) is 6.92 Å². The molecular weight excluding hydrogens is 316 g/mol. The van der Waals surface area contributed by atoms with Gasteiger partial charge in [-0.3, -0.25) is 4.79 Å². The summed E-state index contributed by atoms with van der Waals surface area (Å²) in [7, 11) is 2.18. The summed E-state index contributed by atoms with van der Waals surface area (Å²) in [6, 6.07) is 8.99. The highest BCUT2D eigenvalue weighted by Crippen LogP contribution is 2.34. The van der Waals surface area contributed by atoms with Gasteiger partial charge in [-0.15, -0.1) is 11.3 Å². The Morgan fingerprint density at radius 3 is 2.67 bits per heavy atom. The van der Waals surface area contributed by atoms with E-state index in [1.807, 2.05) is 4.90 Å². The number of fused-ring (bicyclic) bond motifs is 1. The standard InChI is InChI=1S/C20H24N2OS/c1-14-11-18(24-19(14)20(23)22-8-3-4-9-22)16-5-6-17-13-21(2)10-7-15(17)12-16/h5-6,11-12H,3-4,7-10,13H2,1-2H3. The number of hydrogen-bond acceptors (Lipinski definition) is 3. The summed E-state index contributed by atoms with van der Waals surface area (Å²) in [4.78, 5) is 19.2. The predicted octanol–water partition coefficient (Wildman–Crippen LogP) is 3.95. The van der Waals surface area contributed by atoms with Crippen LogP contribution in [0.2, 0.25) is 0 Å². The minimum atomic E-state index is 0.223. The van der Waals surface area contributed by atoms with Gasteiger partial charge in [0.15, 0.2) is 0 Å². The topological polar surface area (TPSA) is 23.6 Å². The van der Waals surface area contributed by atoms with Crippen molar-refractivity contribution in [3.63, 3.8) is 0 Å². The number of aryl methyl sites for hydroxylation is 1. The van der Waals surface area contributed by atoms with E-state index < -0.39 is 0 Å². The fourth-order valence-electron chi connectivity index (χ4n) is 3.75. The van der Waals surface area contributed by atoms with Gasteiger partial charge in [0.05, 0.1) is 4.88 Å². The largest absolute Gasteiger partial charge is 0.338 e. The van der Waals surface area contributed by atoms with Crippen LogP contribution in [-0.4, -0.2) is 42.4 Å². The number of carbonyl (C=O) groups excluding carboxylic acids is 1. The van der Waals surface area contributed by atoms with Crippen LogP contribution in [0.5, 0.6) is 0 Å². The molecule has 0 aliphatic carbocycles. The van der Waals surface area contributed by atoms with Gasteiger partial charge < -0.3 is 9.80 Å². The Morgan fingerprint density at radius 1 is 1.08 bits per heavy atom.